The van der Waals surface area contributed by atoms with E-state index in [4.69, 9.17) is 0 Å². The number of allylic oxidation sites excluding steroid dienone is 8. The van der Waals surface area contributed by atoms with Crippen LogP contribution in [0.25, 0.3) is 22.3 Å². The fraction of sp³-hybridized carbons (Fsp3) is 0.105. The Kier molecular flexibility index (Phi) is 4.91. The van der Waals surface area contributed by atoms with E-state index in [2.05, 4.69) is 139 Å². The highest BCUT2D eigenvalue weighted by Gasteiger charge is 2.52. The normalized spacial score (nSPS) is 17.2. The van der Waals surface area contributed by atoms with Gasteiger partial charge in [0.25, 0.3) is 0 Å². The van der Waals surface area contributed by atoms with Crippen LogP contribution in [0.3, 0.4) is 0 Å². The number of fused-ring (bicyclic) bond motifs is 9. The summed E-state index contributed by atoms with van der Waals surface area (Å²) in [6.07, 6.45) is 11.9. The van der Waals surface area contributed by atoms with Crippen molar-refractivity contribution in [2.45, 2.75) is 24.7 Å². The molecule has 39 heavy (non-hydrogen) atoms. The smallest absolute Gasteiger partial charge is 0.0732 e. The molecule has 1 nitrogen and oxygen atoms in total. The van der Waals surface area contributed by atoms with Crippen LogP contribution in [0.15, 0.2) is 133 Å². The molecule has 4 aliphatic rings. The number of benzene rings is 4. The van der Waals surface area contributed by atoms with Gasteiger partial charge in [0.1, 0.15) is 0 Å². The van der Waals surface area contributed by atoms with Gasteiger partial charge in [-0.2, -0.15) is 0 Å². The van der Waals surface area contributed by atoms with Crippen LogP contribution in [0.2, 0.25) is 0 Å². The lowest BCUT2D eigenvalue weighted by Crippen LogP contribution is -2.26. The third-order valence-electron chi connectivity index (χ3n) is 8.65. The van der Waals surface area contributed by atoms with Crippen LogP contribution in [-0.2, 0) is 5.41 Å². The first-order chi connectivity index (χ1) is 19.4. The predicted molar refractivity (Wildman–Crippen MR) is 162 cm³/mol. The fourth-order valence-corrected chi connectivity index (χ4v) is 7.04. The van der Waals surface area contributed by atoms with Crippen molar-refractivity contribution in [1.82, 2.24) is 0 Å². The lowest BCUT2D eigenvalue weighted by Gasteiger charge is -2.31. The zero-order valence-electron chi connectivity index (χ0n) is 21.7. The molecule has 4 aromatic carbocycles. The Balaban J connectivity index is 1.32. The van der Waals surface area contributed by atoms with Crippen LogP contribution >= 0.6 is 0 Å². The third kappa shape index (κ3) is 3.16. The molecule has 0 aromatic heterocycles. The maximum atomic E-state index is 3.85. The van der Waals surface area contributed by atoms with E-state index in [1.165, 1.54) is 55.8 Å². The molecule has 4 aliphatic carbocycles. The summed E-state index contributed by atoms with van der Waals surface area (Å²) in [7, 11) is 0. The van der Waals surface area contributed by atoms with Gasteiger partial charge in [-0.1, -0.05) is 121 Å². The first-order valence-electron chi connectivity index (χ1n) is 13.8. The minimum absolute atomic E-state index is 0.355. The molecule has 0 saturated heterocycles. The van der Waals surface area contributed by atoms with Crippen molar-refractivity contribution in [3.8, 4) is 23.0 Å². The Morgan fingerprint density at radius 2 is 1.38 bits per heavy atom. The molecule has 1 spiro atoms. The Bertz CT molecular complexity index is 1800. The zero-order chi connectivity index (χ0) is 25.8. The van der Waals surface area contributed by atoms with Gasteiger partial charge in [0.05, 0.1) is 5.41 Å². The second kappa shape index (κ2) is 8.62. The molecule has 0 saturated carbocycles. The maximum absolute atomic E-state index is 3.85. The van der Waals surface area contributed by atoms with E-state index < -0.39 is 0 Å². The Morgan fingerprint density at radius 3 is 2.13 bits per heavy atom. The summed E-state index contributed by atoms with van der Waals surface area (Å²) >= 11 is 0. The van der Waals surface area contributed by atoms with Gasteiger partial charge in [0, 0.05) is 28.9 Å². The molecule has 0 bridgehead atoms. The van der Waals surface area contributed by atoms with Crippen LogP contribution in [0.4, 0.5) is 5.69 Å². The Labute approximate surface area is 229 Å². The predicted octanol–water partition coefficient (Wildman–Crippen LogP) is 8.91. The monoisotopic (exact) mass is 497 g/mol. The number of rotatable bonds is 3. The highest BCUT2D eigenvalue weighted by molar-refractivity contribution is 6.03. The first kappa shape index (κ1) is 22.2. The summed E-state index contributed by atoms with van der Waals surface area (Å²) in [6.45, 7) is 0. The van der Waals surface area contributed by atoms with Gasteiger partial charge in [0.15, 0.2) is 0 Å². The van der Waals surface area contributed by atoms with E-state index in [1.807, 2.05) is 0 Å². The molecule has 8 rings (SSSR count). The molecule has 0 aliphatic heterocycles. The number of hydrogen-bond donors (Lipinski definition) is 1. The zero-order valence-corrected chi connectivity index (χ0v) is 21.7. The topological polar surface area (TPSA) is 12.0 Å². The van der Waals surface area contributed by atoms with E-state index in [0.29, 0.717) is 0 Å². The van der Waals surface area contributed by atoms with Crippen LogP contribution in [-0.4, -0.2) is 0 Å². The Hall–Kier alpha value is -4.80. The summed E-state index contributed by atoms with van der Waals surface area (Å²) in [6, 6.07) is 35.3. The van der Waals surface area contributed by atoms with Crippen LogP contribution in [0.1, 0.15) is 47.1 Å². The molecule has 1 N–H and O–H groups in total. The number of anilines is 1. The van der Waals surface area contributed by atoms with Crippen molar-refractivity contribution >= 4 is 16.8 Å². The van der Waals surface area contributed by atoms with Gasteiger partial charge < -0.3 is 5.32 Å². The van der Waals surface area contributed by atoms with E-state index in [9.17, 15) is 0 Å². The van der Waals surface area contributed by atoms with Crippen molar-refractivity contribution in [2.24, 2.45) is 0 Å². The molecule has 184 valence electrons. The molecular formula is C38H27N. The van der Waals surface area contributed by atoms with E-state index >= 15 is 0 Å². The van der Waals surface area contributed by atoms with Crippen LogP contribution < -0.4 is 5.32 Å². The largest absolute Gasteiger partial charge is 0.358 e. The second-order valence-corrected chi connectivity index (χ2v) is 10.6. The molecule has 0 atom stereocenters. The third-order valence-corrected chi connectivity index (χ3v) is 8.65. The van der Waals surface area contributed by atoms with Crippen LogP contribution in [0.5, 0.6) is 0 Å². The Morgan fingerprint density at radius 1 is 0.667 bits per heavy atom. The first-order valence-corrected chi connectivity index (χ1v) is 13.8. The molecule has 4 aromatic rings. The lowest BCUT2D eigenvalue weighted by molar-refractivity contribution is 0.786. The van der Waals surface area contributed by atoms with Gasteiger partial charge in [-0.25, -0.2) is 0 Å². The average Bonchev–Trinajstić information content (AvgIpc) is 3.31. The molecule has 0 fully saturated rings. The van der Waals surface area contributed by atoms with Gasteiger partial charge >= 0.3 is 0 Å². The van der Waals surface area contributed by atoms with Gasteiger partial charge in [-0.15, -0.1) is 0 Å². The maximum Gasteiger partial charge on any atom is 0.0732 e. The lowest BCUT2D eigenvalue weighted by atomic mass is 9.69. The van der Waals surface area contributed by atoms with Gasteiger partial charge in [-0.3, -0.25) is 0 Å². The summed E-state index contributed by atoms with van der Waals surface area (Å²) in [5.41, 5.74) is 15.1. The van der Waals surface area contributed by atoms with Crippen molar-refractivity contribution in [1.29, 1.82) is 0 Å². The molecule has 0 heterocycles. The van der Waals surface area contributed by atoms with E-state index in [1.54, 1.807) is 0 Å². The van der Waals surface area contributed by atoms with Crippen LogP contribution in [0, 0.1) is 11.8 Å². The molecule has 0 unspecified atom stereocenters. The quantitative estimate of drug-likeness (QED) is 0.279. The second-order valence-electron chi connectivity index (χ2n) is 10.6. The summed E-state index contributed by atoms with van der Waals surface area (Å²) in [4.78, 5) is 0. The average molecular weight is 498 g/mol. The number of nitrogens with one attached hydrogen (secondary N) is 1. The molecule has 0 radical (unpaired) electrons. The summed E-state index contributed by atoms with van der Waals surface area (Å²) < 4.78 is 0. The van der Waals surface area contributed by atoms with Crippen molar-refractivity contribution in [2.75, 3.05) is 5.32 Å². The molecule has 0 amide bonds. The molecule has 1 heteroatoms. The van der Waals surface area contributed by atoms with Crippen molar-refractivity contribution in [3.05, 3.63) is 160 Å². The van der Waals surface area contributed by atoms with Gasteiger partial charge in [0.2, 0.25) is 0 Å². The minimum Gasteiger partial charge on any atom is -0.358 e. The van der Waals surface area contributed by atoms with Crippen molar-refractivity contribution in [3.63, 3.8) is 0 Å². The van der Waals surface area contributed by atoms with E-state index in [0.717, 1.165) is 30.5 Å². The standard InChI is InChI=1S/C38H27N/c1-3-12-26(13-4-1)27-22-24-28(25-23-27)39-36-21-11-20-35-37(36)31-16-5-2-6-17-34(31)38(35)32-18-9-7-14-29(32)30-15-8-10-19-33(30)38/h1,3-4,6-15,17-22,24,39H,2,23,25H2. The number of hydrogen-bond acceptors (Lipinski definition) is 1. The summed E-state index contributed by atoms with van der Waals surface area (Å²) in [5, 5.41) is 3.85. The summed E-state index contributed by atoms with van der Waals surface area (Å²) in [5.74, 6) is 7.04. The minimum atomic E-state index is -0.355. The van der Waals surface area contributed by atoms with Crippen molar-refractivity contribution < 1.29 is 0 Å². The van der Waals surface area contributed by atoms with Gasteiger partial charge in [-0.05, 0) is 69.5 Å². The molecular weight excluding hydrogens is 470 g/mol. The SMILES string of the molecule is C1#CC2=C(C=CC1)C1(c3ccccc3-c3ccccc31)c1cccc(NC3=CC=C(c4ccccc4)CC3)c12. The highest BCUT2D eigenvalue weighted by atomic mass is 14.9. The highest BCUT2D eigenvalue weighted by Crippen LogP contribution is 2.63. The fourth-order valence-electron chi connectivity index (χ4n) is 7.04. The van der Waals surface area contributed by atoms with E-state index in [-0.39, 0.29) is 5.41 Å².